The van der Waals surface area contributed by atoms with Crippen molar-refractivity contribution in [2.75, 3.05) is 0 Å². The number of thioether (sulfide) groups is 1. The summed E-state index contributed by atoms with van der Waals surface area (Å²) < 4.78 is 1.59. The van der Waals surface area contributed by atoms with Gasteiger partial charge in [-0.2, -0.15) is 0 Å². The van der Waals surface area contributed by atoms with E-state index in [4.69, 9.17) is 11.6 Å². The van der Waals surface area contributed by atoms with Crippen LogP contribution >= 0.6 is 23.4 Å². The molecule has 0 unspecified atom stereocenters. The van der Waals surface area contributed by atoms with Crippen molar-refractivity contribution in [2.24, 2.45) is 7.05 Å². The Morgan fingerprint density at radius 2 is 1.96 bits per heavy atom. The first-order valence-electron chi connectivity index (χ1n) is 7.05. The Balaban J connectivity index is 1.79. The highest BCUT2D eigenvalue weighted by molar-refractivity contribution is 7.99. The van der Waals surface area contributed by atoms with Gasteiger partial charge in [-0.3, -0.25) is 20.4 Å². The fraction of sp³-hybridized carbons (Fsp3) is 0.250. The van der Waals surface area contributed by atoms with Crippen molar-refractivity contribution in [3.63, 3.8) is 0 Å². The summed E-state index contributed by atoms with van der Waals surface area (Å²) in [6.07, 6.45) is 1.62. The smallest absolute Gasteiger partial charge is 0.286 e. The van der Waals surface area contributed by atoms with Crippen LogP contribution in [-0.2, 0) is 17.6 Å². The maximum atomic E-state index is 12.0. The second-order valence-electron chi connectivity index (χ2n) is 5.04. The van der Waals surface area contributed by atoms with Crippen molar-refractivity contribution in [2.45, 2.75) is 17.9 Å². The second-order valence-corrected chi connectivity index (χ2v) is 6.80. The lowest BCUT2D eigenvalue weighted by atomic mass is 10.2. The predicted molar refractivity (Wildman–Crippen MR) is 93.2 cm³/mol. The molecule has 0 aliphatic heterocycles. The van der Waals surface area contributed by atoms with Gasteiger partial charge >= 0.3 is 0 Å². The molecule has 1 heterocycles. The number of carbonyl (C=O) groups is 2. The Hall–Kier alpha value is -1.92. The monoisotopic (exact) mass is 351 g/mol. The van der Waals surface area contributed by atoms with E-state index in [0.717, 1.165) is 11.3 Å². The standard InChI is InChI=1S/C16H18ClN3O2S/c1-11(23-10-12-6-4-3-5-7-12)15(21)18-19-16(22)14-8-13(17)9-20(14)2/h3-9,11H,10H2,1-2H3,(H,18,21)(H,19,22)/t11-/m0/s1. The zero-order chi connectivity index (χ0) is 16.8. The van der Waals surface area contributed by atoms with Crippen molar-refractivity contribution in [3.8, 4) is 0 Å². The minimum absolute atomic E-state index is 0.250. The van der Waals surface area contributed by atoms with Gasteiger partial charge < -0.3 is 4.57 Å². The van der Waals surface area contributed by atoms with Crippen LogP contribution in [0.1, 0.15) is 23.0 Å². The van der Waals surface area contributed by atoms with E-state index in [1.54, 1.807) is 24.7 Å². The van der Waals surface area contributed by atoms with E-state index in [1.165, 1.54) is 17.8 Å². The Kier molecular flexibility index (Phi) is 6.12. The topological polar surface area (TPSA) is 63.1 Å². The van der Waals surface area contributed by atoms with Gasteiger partial charge in [-0.15, -0.1) is 11.8 Å². The van der Waals surface area contributed by atoms with Gasteiger partial charge in [0.1, 0.15) is 5.69 Å². The molecule has 2 amide bonds. The van der Waals surface area contributed by atoms with Gasteiger partial charge in [-0.1, -0.05) is 41.9 Å². The van der Waals surface area contributed by atoms with Crippen LogP contribution in [0.2, 0.25) is 5.02 Å². The lowest BCUT2D eigenvalue weighted by Crippen LogP contribution is -2.45. The molecule has 0 aliphatic rings. The van der Waals surface area contributed by atoms with E-state index >= 15 is 0 Å². The SMILES string of the molecule is C[C@H](SCc1ccccc1)C(=O)NNC(=O)c1cc(Cl)cn1C. The Morgan fingerprint density at radius 3 is 2.57 bits per heavy atom. The van der Waals surface area contributed by atoms with Crippen LogP contribution in [0, 0.1) is 0 Å². The first-order chi connectivity index (χ1) is 11.0. The third kappa shape index (κ3) is 5.04. The number of hydrazine groups is 1. The zero-order valence-electron chi connectivity index (χ0n) is 12.9. The molecule has 2 aromatic rings. The zero-order valence-corrected chi connectivity index (χ0v) is 14.4. The number of rotatable bonds is 5. The largest absolute Gasteiger partial charge is 0.345 e. The van der Waals surface area contributed by atoms with Gasteiger partial charge in [0.15, 0.2) is 0 Å². The minimum atomic E-state index is -0.409. The predicted octanol–water partition coefficient (Wildman–Crippen LogP) is 2.76. The maximum Gasteiger partial charge on any atom is 0.286 e. The van der Waals surface area contributed by atoms with Gasteiger partial charge in [-0.05, 0) is 18.6 Å². The molecule has 0 saturated heterocycles. The second kappa shape index (κ2) is 8.08. The number of amides is 2. The van der Waals surface area contributed by atoms with Gasteiger partial charge in [0.2, 0.25) is 0 Å². The minimum Gasteiger partial charge on any atom is -0.345 e. The first-order valence-corrected chi connectivity index (χ1v) is 8.47. The van der Waals surface area contributed by atoms with Crippen molar-refractivity contribution in [1.82, 2.24) is 15.4 Å². The molecule has 0 bridgehead atoms. The third-order valence-electron chi connectivity index (χ3n) is 3.22. The molecular formula is C16H18ClN3O2S. The van der Waals surface area contributed by atoms with Crippen LogP contribution in [-0.4, -0.2) is 21.6 Å². The molecule has 7 heteroatoms. The summed E-state index contributed by atoms with van der Waals surface area (Å²) in [5.74, 6) is 0.0733. The number of benzene rings is 1. The number of nitrogens with zero attached hydrogens (tertiary/aromatic N) is 1. The number of hydrogen-bond acceptors (Lipinski definition) is 3. The van der Waals surface area contributed by atoms with E-state index < -0.39 is 5.91 Å². The van der Waals surface area contributed by atoms with Crippen LogP contribution < -0.4 is 10.9 Å². The molecule has 1 aromatic heterocycles. The Labute approximate surface area is 144 Å². The van der Waals surface area contributed by atoms with Gasteiger partial charge in [-0.25, -0.2) is 0 Å². The number of halogens is 1. The number of aryl methyl sites for hydroxylation is 1. The van der Waals surface area contributed by atoms with Crippen LogP contribution in [0.3, 0.4) is 0 Å². The van der Waals surface area contributed by atoms with E-state index in [9.17, 15) is 9.59 Å². The summed E-state index contributed by atoms with van der Waals surface area (Å²) in [5.41, 5.74) is 6.37. The molecule has 2 N–H and O–H groups in total. The molecule has 23 heavy (non-hydrogen) atoms. The van der Waals surface area contributed by atoms with Crippen LogP contribution in [0.15, 0.2) is 42.6 Å². The highest BCUT2D eigenvalue weighted by Crippen LogP contribution is 2.17. The summed E-state index contributed by atoms with van der Waals surface area (Å²) in [5, 5.41) is 0.184. The van der Waals surface area contributed by atoms with Crippen molar-refractivity contribution >= 4 is 35.2 Å². The number of hydrogen-bond donors (Lipinski definition) is 2. The molecule has 2 rings (SSSR count). The van der Waals surface area contributed by atoms with Crippen molar-refractivity contribution in [3.05, 3.63) is 58.9 Å². The molecule has 0 aliphatic carbocycles. The van der Waals surface area contributed by atoms with Gasteiger partial charge in [0.05, 0.1) is 10.3 Å². The summed E-state index contributed by atoms with van der Waals surface area (Å²) >= 11 is 7.33. The fourth-order valence-corrected chi connectivity index (χ4v) is 3.00. The molecule has 0 radical (unpaired) electrons. The summed E-state index contributed by atoms with van der Waals surface area (Å²) in [6, 6.07) is 11.4. The lowest BCUT2D eigenvalue weighted by Gasteiger charge is -2.13. The lowest BCUT2D eigenvalue weighted by molar-refractivity contribution is -0.121. The first kappa shape index (κ1) is 17.4. The molecule has 122 valence electrons. The summed E-state index contributed by atoms with van der Waals surface area (Å²) in [4.78, 5) is 24.0. The quantitative estimate of drug-likeness (QED) is 0.814. The number of aromatic nitrogens is 1. The normalized spacial score (nSPS) is 11.8. The molecule has 1 atom stereocenters. The van der Waals surface area contributed by atoms with Crippen molar-refractivity contribution < 1.29 is 9.59 Å². The Bertz CT molecular complexity index is 688. The average molecular weight is 352 g/mol. The van der Waals surface area contributed by atoms with Crippen molar-refractivity contribution in [1.29, 1.82) is 0 Å². The van der Waals surface area contributed by atoms with Gasteiger partial charge in [0, 0.05) is 19.0 Å². The summed E-state index contributed by atoms with van der Waals surface area (Å²) in [7, 11) is 1.71. The van der Waals surface area contributed by atoms with Crippen LogP contribution in [0.25, 0.3) is 0 Å². The number of carbonyl (C=O) groups excluding carboxylic acids is 2. The average Bonchev–Trinajstić information content (AvgIpc) is 2.89. The maximum absolute atomic E-state index is 12.0. The molecule has 0 fully saturated rings. The van der Waals surface area contributed by atoms with E-state index in [1.807, 2.05) is 30.3 Å². The highest BCUT2D eigenvalue weighted by Gasteiger charge is 2.16. The third-order valence-corrected chi connectivity index (χ3v) is 4.64. The highest BCUT2D eigenvalue weighted by atomic mass is 35.5. The Morgan fingerprint density at radius 1 is 1.26 bits per heavy atom. The van der Waals surface area contributed by atoms with Crippen LogP contribution in [0.4, 0.5) is 0 Å². The van der Waals surface area contributed by atoms with E-state index in [-0.39, 0.29) is 11.2 Å². The van der Waals surface area contributed by atoms with Crippen LogP contribution in [0.5, 0.6) is 0 Å². The molecule has 0 saturated carbocycles. The van der Waals surface area contributed by atoms with E-state index in [2.05, 4.69) is 10.9 Å². The number of nitrogens with one attached hydrogen (secondary N) is 2. The summed E-state index contributed by atoms with van der Waals surface area (Å²) in [6.45, 7) is 1.80. The molecule has 0 spiro atoms. The molecule has 5 nitrogen and oxygen atoms in total. The van der Waals surface area contributed by atoms with Gasteiger partial charge in [0.25, 0.3) is 11.8 Å². The molecule has 1 aromatic carbocycles. The molecular weight excluding hydrogens is 334 g/mol. The van der Waals surface area contributed by atoms with E-state index in [0.29, 0.717) is 10.7 Å². The fourth-order valence-electron chi connectivity index (χ4n) is 1.91.